The Bertz CT molecular complexity index is 389. The first-order valence-corrected chi connectivity index (χ1v) is 8.54. The molecule has 2 N–H and O–H groups in total. The van der Waals surface area contributed by atoms with E-state index < -0.39 is 0 Å². The molecule has 0 amide bonds. The van der Waals surface area contributed by atoms with Crippen molar-refractivity contribution in [2.24, 2.45) is 0 Å². The average Bonchev–Trinajstić information content (AvgIpc) is 2.43. The molecule has 0 aromatic carbocycles. The molecule has 0 radical (unpaired) electrons. The lowest BCUT2D eigenvalue weighted by Gasteiger charge is -2.15. The van der Waals surface area contributed by atoms with Crippen LogP contribution in [-0.4, -0.2) is 41.2 Å². The standard InChI is InChI=1S/C14H26N4OS/c1-5-15-12-9-13(16-11(3)7-8-20-4)18-14(17-12)10-19-6-2/h9,11H,5-8,10H2,1-4H3,(H2,15,16,17,18). The number of hydrogen-bond acceptors (Lipinski definition) is 6. The van der Waals surface area contributed by atoms with Gasteiger partial charge >= 0.3 is 0 Å². The Kier molecular flexibility index (Phi) is 8.37. The van der Waals surface area contributed by atoms with E-state index in [1.807, 2.05) is 24.8 Å². The maximum atomic E-state index is 5.39. The second-order valence-electron chi connectivity index (χ2n) is 4.55. The van der Waals surface area contributed by atoms with Crippen LogP contribution in [0, 0.1) is 0 Å². The first kappa shape index (κ1) is 17.0. The predicted octanol–water partition coefficient (Wildman–Crippen LogP) is 3.00. The van der Waals surface area contributed by atoms with Crippen molar-refractivity contribution in [2.75, 3.05) is 35.8 Å². The molecule has 1 unspecified atom stereocenters. The van der Waals surface area contributed by atoms with E-state index in [1.54, 1.807) is 0 Å². The van der Waals surface area contributed by atoms with Crippen molar-refractivity contribution >= 4 is 23.4 Å². The van der Waals surface area contributed by atoms with E-state index in [0.717, 1.165) is 30.4 Å². The first-order chi connectivity index (χ1) is 9.69. The number of ether oxygens (including phenoxy) is 1. The number of aromatic nitrogens is 2. The Morgan fingerprint density at radius 2 is 2.05 bits per heavy atom. The SMILES string of the molecule is CCNc1cc(NC(C)CCSC)nc(COCC)n1. The molecule has 0 aliphatic rings. The minimum atomic E-state index is 0.395. The lowest BCUT2D eigenvalue weighted by molar-refractivity contribution is 0.128. The van der Waals surface area contributed by atoms with E-state index in [9.17, 15) is 0 Å². The highest BCUT2D eigenvalue weighted by Crippen LogP contribution is 2.14. The summed E-state index contributed by atoms with van der Waals surface area (Å²) in [6.07, 6.45) is 3.24. The van der Waals surface area contributed by atoms with Gasteiger partial charge < -0.3 is 15.4 Å². The summed E-state index contributed by atoms with van der Waals surface area (Å²) in [6, 6.07) is 2.35. The zero-order chi connectivity index (χ0) is 14.8. The lowest BCUT2D eigenvalue weighted by Crippen LogP contribution is -2.18. The molecule has 5 nitrogen and oxygen atoms in total. The van der Waals surface area contributed by atoms with E-state index in [1.165, 1.54) is 0 Å². The van der Waals surface area contributed by atoms with Crippen molar-refractivity contribution < 1.29 is 4.74 Å². The highest BCUT2D eigenvalue weighted by molar-refractivity contribution is 7.98. The fourth-order valence-corrected chi connectivity index (χ4v) is 2.31. The summed E-state index contributed by atoms with van der Waals surface area (Å²) in [5.74, 6) is 3.56. The van der Waals surface area contributed by atoms with Gasteiger partial charge in [-0.1, -0.05) is 0 Å². The summed E-state index contributed by atoms with van der Waals surface area (Å²) >= 11 is 1.86. The van der Waals surface area contributed by atoms with Crippen molar-refractivity contribution in [1.82, 2.24) is 9.97 Å². The number of nitrogens with zero attached hydrogens (tertiary/aromatic N) is 2. The van der Waals surface area contributed by atoms with Gasteiger partial charge in [0.15, 0.2) is 5.82 Å². The van der Waals surface area contributed by atoms with Gasteiger partial charge in [0.1, 0.15) is 18.2 Å². The molecule has 0 aliphatic heterocycles. The number of rotatable bonds is 10. The van der Waals surface area contributed by atoms with E-state index in [2.05, 4.69) is 40.7 Å². The van der Waals surface area contributed by atoms with Gasteiger partial charge in [-0.2, -0.15) is 11.8 Å². The van der Waals surface area contributed by atoms with Crippen LogP contribution in [0.3, 0.4) is 0 Å². The molecule has 1 aromatic rings. The number of hydrogen-bond donors (Lipinski definition) is 2. The summed E-state index contributed by atoms with van der Waals surface area (Å²) in [7, 11) is 0. The predicted molar refractivity (Wildman–Crippen MR) is 87.6 cm³/mol. The number of nitrogens with one attached hydrogen (secondary N) is 2. The van der Waals surface area contributed by atoms with Gasteiger partial charge in [-0.05, 0) is 39.2 Å². The fraction of sp³-hybridized carbons (Fsp3) is 0.714. The summed E-state index contributed by atoms with van der Waals surface area (Å²) in [5, 5.41) is 6.66. The van der Waals surface area contributed by atoms with Gasteiger partial charge in [0, 0.05) is 25.3 Å². The van der Waals surface area contributed by atoms with E-state index >= 15 is 0 Å². The highest BCUT2D eigenvalue weighted by atomic mass is 32.2. The van der Waals surface area contributed by atoms with Crippen LogP contribution in [0.25, 0.3) is 0 Å². The third-order valence-corrected chi connectivity index (χ3v) is 3.36. The molecule has 20 heavy (non-hydrogen) atoms. The molecular formula is C14H26N4OS. The Balaban J connectivity index is 2.73. The zero-order valence-corrected chi connectivity index (χ0v) is 13.7. The van der Waals surface area contributed by atoms with Crippen molar-refractivity contribution in [2.45, 2.75) is 39.8 Å². The second-order valence-corrected chi connectivity index (χ2v) is 5.53. The van der Waals surface area contributed by atoms with Crippen molar-refractivity contribution in [3.05, 3.63) is 11.9 Å². The molecule has 114 valence electrons. The monoisotopic (exact) mass is 298 g/mol. The third kappa shape index (κ3) is 6.43. The van der Waals surface area contributed by atoms with Crippen LogP contribution in [0.1, 0.15) is 33.0 Å². The van der Waals surface area contributed by atoms with Crippen molar-refractivity contribution in [1.29, 1.82) is 0 Å². The van der Waals surface area contributed by atoms with Crippen molar-refractivity contribution in [3.8, 4) is 0 Å². The van der Waals surface area contributed by atoms with E-state index in [-0.39, 0.29) is 0 Å². The molecule has 1 rings (SSSR count). The third-order valence-electron chi connectivity index (χ3n) is 2.71. The van der Waals surface area contributed by atoms with Crippen LogP contribution >= 0.6 is 11.8 Å². The average molecular weight is 298 g/mol. The largest absolute Gasteiger partial charge is 0.374 e. The molecule has 1 atom stereocenters. The van der Waals surface area contributed by atoms with Gasteiger partial charge in [0.05, 0.1) is 0 Å². The fourth-order valence-electron chi connectivity index (χ4n) is 1.72. The number of anilines is 2. The van der Waals surface area contributed by atoms with Gasteiger partial charge in [-0.25, -0.2) is 9.97 Å². The molecule has 6 heteroatoms. The lowest BCUT2D eigenvalue weighted by atomic mass is 10.2. The Morgan fingerprint density at radius 3 is 2.70 bits per heavy atom. The van der Waals surface area contributed by atoms with Gasteiger partial charge in [-0.3, -0.25) is 0 Å². The normalized spacial score (nSPS) is 12.2. The van der Waals surface area contributed by atoms with Crippen LogP contribution in [0.5, 0.6) is 0 Å². The minimum Gasteiger partial charge on any atom is -0.374 e. The molecule has 1 aromatic heterocycles. The topological polar surface area (TPSA) is 59.1 Å². The van der Waals surface area contributed by atoms with Gasteiger partial charge in [0.2, 0.25) is 0 Å². The summed E-state index contributed by atoms with van der Waals surface area (Å²) in [4.78, 5) is 8.95. The van der Waals surface area contributed by atoms with Gasteiger partial charge in [-0.15, -0.1) is 0 Å². The maximum absolute atomic E-state index is 5.39. The molecule has 0 spiro atoms. The van der Waals surface area contributed by atoms with Crippen LogP contribution in [0.15, 0.2) is 6.07 Å². The van der Waals surface area contributed by atoms with E-state index in [4.69, 9.17) is 4.74 Å². The van der Waals surface area contributed by atoms with Gasteiger partial charge in [0.25, 0.3) is 0 Å². The summed E-state index contributed by atoms with van der Waals surface area (Å²) < 4.78 is 5.39. The molecule has 0 fully saturated rings. The maximum Gasteiger partial charge on any atom is 0.158 e. The van der Waals surface area contributed by atoms with Crippen molar-refractivity contribution in [3.63, 3.8) is 0 Å². The second kappa shape index (κ2) is 9.83. The molecule has 1 heterocycles. The smallest absolute Gasteiger partial charge is 0.158 e. The molecular weight excluding hydrogens is 272 g/mol. The van der Waals surface area contributed by atoms with Crippen LogP contribution in [0.2, 0.25) is 0 Å². The Labute approximate surface area is 126 Å². The van der Waals surface area contributed by atoms with Crippen LogP contribution < -0.4 is 10.6 Å². The highest BCUT2D eigenvalue weighted by Gasteiger charge is 2.07. The summed E-state index contributed by atoms with van der Waals surface area (Å²) in [5.41, 5.74) is 0. The van der Waals surface area contributed by atoms with Crippen LogP contribution in [-0.2, 0) is 11.3 Å². The molecule has 0 bridgehead atoms. The Hall–Kier alpha value is -1.01. The quantitative estimate of drug-likeness (QED) is 0.692. The molecule has 0 saturated carbocycles. The molecule has 0 saturated heterocycles. The van der Waals surface area contributed by atoms with E-state index in [0.29, 0.717) is 25.1 Å². The minimum absolute atomic E-state index is 0.395. The zero-order valence-electron chi connectivity index (χ0n) is 12.9. The Morgan fingerprint density at radius 1 is 1.30 bits per heavy atom. The molecule has 0 aliphatic carbocycles. The van der Waals surface area contributed by atoms with Crippen LogP contribution in [0.4, 0.5) is 11.6 Å². The number of thioether (sulfide) groups is 1. The summed E-state index contributed by atoms with van der Waals surface area (Å²) in [6.45, 7) is 8.15. The first-order valence-electron chi connectivity index (χ1n) is 7.14.